The Morgan fingerprint density at radius 1 is 0.897 bits per heavy atom. The molecule has 0 spiro atoms. The molecule has 0 aromatic heterocycles. The Hall–Kier alpha value is -3.72. The molecule has 3 aromatic carbocycles. The summed E-state index contributed by atoms with van der Waals surface area (Å²) in [6, 6.07) is 19.7. The second-order valence-corrected chi connectivity index (χ2v) is 11.6. The average Bonchev–Trinajstić information content (AvgIpc) is 2.94. The Balaban J connectivity index is 2.03. The van der Waals surface area contributed by atoms with Crippen LogP contribution < -0.4 is 9.62 Å². The average molecular weight is 554 g/mol. The van der Waals surface area contributed by atoms with Crippen LogP contribution in [0.5, 0.6) is 0 Å². The van der Waals surface area contributed by atoms with Crippen LogP contribution in [0, 0.1) is 11.7 Å². The van der Waals surface area contributed by atoms with Gasteiger partial charge in [0, 0.05) is 13.1 Å². The lowest BCUT2D eigenvalue weighted by Crippen LogP contribution is -2.51. The second-order valence-electron chi connectivity index (χ2n) is 9.77. The summed E-state index contributed by atoms with van der Waals surface area (Å²) in [4.78, 5) is 28.3. The van der Waals surface area contributed by atoms with E-state index in [4.69, 9.17) is 0 Å². The van der Waals surface area contributed by atoms with Gasteiger partial charge < -0.3 is 10.2 Å². The van der Waals surface area contributed by atoms with Crippen molar-refractivity contribution in [2.24, 2.45) is 5.92 Å². The molecule has 0 fully saturated rings. The quantitative estimate of drug-likeness (QED) is 0.350. The minimum atomic E-state index is -4.13. The van der Waals surface area contributed by atoms with Gasteiger partial charge in [-0.2, -0.15) is 0 Å². The highest BCUT2D eigenvalue weighted by Crippen LogP contribution is 2.28. The van der Waals surface area contributed by atoms with E-state index in [1.807, 2.05) is 32.9 Å². The first-order valence-electron chi connectivity index (χ1n) is 13.0. The molecule has 1 atom stereocenters. The standard InChI is InChI=1S/C30H36FN3O4S/c1-5-25-11-9-10-14-28(25)34(39(37,38)27-12-7-6-8-13-27)21-29(35)33(20-24-15-17-26(31)18-16-24)23(4)30(36)32-19-22(2)3/h6-18,22-23H,5,19-21H2,1-4H3,(H,32,36)/t23-/m0/s1. The van der Waals surface area contributed by atoms with Crippen LogP contribution in [0.15, 0.2) is 83.8 Å². The fourth-order valence-corrected chi connectivity index (χ4v) is 5.58. The van der Waals surface area contributed by atoms with Crippen molar-refractivity contribution in [2.45, 2.75) is 51.6 Å². The zero-order valence-corrected chi connectivity index (χ0v) is 23.6. The van der Waals surface area contributed by atoms with Crippen molar-refractivity contribution < 1.29 is 22.4 Å². The van der Waals surface area contributed by atoms with Crippen molar-refractivity contribution in [1.29, 1.82) is 0 Å². The molecule has 1 N–H and O–H groups in total. The molecular weight excluding hydrogens is 517 g/mol. The van der Waals surface area contributed by atoms with Crippen LogP contribution in [0.3, 0.4) is 0 Å². The Labute approximate surface area is 230 Å². The van der Waals surface area contributed by atoms with Crippen molar-refractivity contribution >= 4 is 27.5 Å². The van der Waals surface area contributed by atoms with Crippen molar-refractivity contribution in [1.82, 2.24) is 10.2 Å². The fourth-order valence-electron chi connectivity index (χ4n) is 4.11. The number of anilines is 1. The molecule has 0 aliphatic carbocycles. The molecule has 39 heavy (non-hydrogen) atoms. The van der Waals surface area contributed by atoms with E-state index in [1.165, 1.54) is 29.2 Å². The Morgan fingerprint density at radius 3 is 2.13 bits per heavy atom. The van der Waals surface area contributed by atoms with Crippen LogP contribution in [-0.2, 0) is 32.6 Å². The number of carbonyl (C=O) groups is 2. The largest absolute Gasteiger partial charge is 0.354 e. The normalized spacial score (nSPS) is 12.2. The molecule has 2 amide bonds. The lowest BCUT2D eigenvalue weighted by atomic mass is 10.1. The van der Waals surface area contributed by atoms with Gasteiger partial charge in [0.1, 0.15) is 18.4 Å². The topological polar surface area (TPSA) is 86.8 Å². The third kappa shape index (κ3) is 7.66. The monoisotopic (exact) mass is 553 g/mol. The van der Waals surface area contributed by atoms with Crippen LogP contribution in [-0.4, -0.2) is 44.3 Å². The number of hydrogen-bond acceptors (Lipinski definition) is 4. The summed E-state index contributed by atoms with van der Waals surface area (Å²) in [5.74, 6) is -1.13. The van der Waals surface area contributed by atoms with Crippen molar-refractivity contribution in [2.75, 3.05) is 17.4 Å². The van der Waals surface area contributed by atoms with Crippen LogP contribution in [0.25, 0.3) is 0 Å². The van der Waals surface area contributed by atoms with Crippen molar-refractivity contribution in [3.63, 3.8) is 0 Å². The van der Waals surface area contributed by atoms with Gasteiger partial charge in [-0.15, -0.1) is 0 Å². The molecule has 0 saturated heterocycles. The molecule has 0 aliphatic rings. The fraction of sp³-hybridized carbons (Fsp3) is 0.333. The second kappa shape index (κ2) is 13.4. The highest BCUT2D eigenvalue weighted by molar-refractivity contribution is 7.92. The minimum absolute atomic E-state index is 0.00400. The zero-order valence-electron chi connectivity index (χ0n) is 22.8. The van der Waals surface area contributed by atoms with Crippen molar-refractivity contribution in [3.8, 4) is 0 Å². The number of para-hydroxylation sites is 1. The molecule has 3 aromatic rings. The van der Waals surface area contributed by atoms with Crippen LogP contribution in [0.2, 0.25) is 0 Å². The summed E-state index contributed by atoms with van der Waals surface area (Å²) >= 11 is 0. The minimum Gasteiger partial charge on any atom is -0.354 e. The first-order valence-corrected chi connectivity index (χ1v) is 14.5. The maximum atomic E-state index is 13.9. The molecule has 9 heteroatoms. The summed E-state index contributed by atoms with van der Waals surface area (Å²) in [5, 5.41) is 2.85. The van der Waals surface area contributed by atoms with E-state index in [0.717, 1.165) is 9.87 Å². The Morgan fingerprint density at radius 2 is 1.51 bits per heavy atom. The number of carbonyl (C=O) groups excluding carboxylic acids is 2. The highest BCUT2D eigenvalue weighted by atomic mass is 32.2. The SMILES string of the molecule is CCc1ccccc1N(CC(=O)N(Cc1ccc(F)cc1)[C@@H](C)C(=O)NCC(C)C)S(=O)(=O)c1ccccc1. The maximum Gasteiger partial charge on any atom is 0.264 e. The molecule has 0 saturated carbocycles. The summed E-state index contributed by atoms with van der Waals surface area (Å²) in [6.07, 6.45) is 0.554. The Kier molecular flexibility index (Phi) is 10.2. The number of nitrogens with zero attached hydrogens (tertiary/aromatic N) is 2. The van der Waals surface area contributed by atoms with E-state index in [9.17, 15) is 22.4 Å². The molecule has 0 unspecified atom stereocenters. The number of sulfonamides is 1. The highest BCUT2D eigenvalue weighted by Gasteiger charge is 2.33. The van der Waals surface area contributed by atoms with Gasteiger partial charge in [0.25, 0.3) is 10.0 Å². The summed E-state index contributed by atoms with van der Waals surface area (Å²) in [6.45, 7) is 7.36. The van der Waals surface area contributed by atoms with Gasteiger partial charge in [-0.3, -0.25) is 13.9 Å². The predicted octanol–water partition coefficient (Wildman–Crippen LogP) is 4.77. The number of rotatable bonds is 12. The smallest absolute Gasteiger partial charge is 0.264 e. The third-order valence-corrected chi connectivity index (χ3v) is 8.14. The molecule has 3 rings (SSSR count). The van der Waals surface area contributed by atoms with E-state index in [2.05, 4.69) is 5.32 Å². The van der Waals surface area contributed by atoms with Crippen LogP contribution >= 0.6 is 0 Å². The Bertz CT molecular complexity index is 1360. The molecule has 0 radical (unpaired) electrons. The lowest BCUT2D eigenvalue weighted by molar-refractivity contribution is -0.139. The number of benzene rings is 3. The van der Waals surface area contributed by atoms with Gasteiger partial charge in [0.15, 0.2) is 0 Å². The molecular formula is C30H36FN3O4S. The van der Waals surface area contributed by atoms with Gasteiger partial charge in [0.05, 0.1) is 10.6 Å². The number of halogens is 1. The van der Waals surface area contributed by atoms with E-state index in [-0.39, 0.29) is 23.3 Å². The number of hydrogen-bond donors (Lipinski definition) is 1. The van der Waals surface area contributed by atoms with Gasteiger partial charge in [-0.05, 0) is 60.7 Å². The number of amides is 2. The van der Waals surface area contributed by atoms with E-state index >= 15 is 0 Å². The lowest BCUT2D eigenvalue weighted by Gasteiger charge is -2.32. The van der Waals surface area contributed by atoms with Crippen LogP contribution in [0.1, 0.15) is 38.8 Å². The first-order chi connectivity index (χ1) is 18.5. The number of aryl methyl sites for hydroxylation is 1. The number of nitrogens with one attached hydrogen (secondary N) is 1. The molecule has 7 nitrogen and oxygen atoms in total. The van der Waals surface area contributed by atoms with E-state index < -0.39 is 34.3 Å². The van der Waals surface area contributed by atoms with Crippen LogP contribution in [0.4, 0.5) is 10.1 Å². The first kappa shape index (κ1) is 29.8. The molecule has 0 heterocycles. The van der Waals surface area contributed by atoms with E-state index in [1.54, 1.807) is 49.4 Å². The molecule has 208 valence electrons. The van der Waals surface area contributed by atoms with Gasteiger partial charge in [-0.1, -0.05) is 69.3 Å². The van der Waals surface area contributed by atoms with E-state index in [0.29, 0.717) is 24.2 Å². The maximum absolute atomic E-state index is 13.9. The van der Waals surface area contributed by atoms with Crippen molar-refractivity contribution in [3.05, 3.63) is 95.8 Å². The van der Waals surface area contributed by atoms with Gasteiger partial charge >= 0.3 is 0 Å². The summed E-state index contributed by atoms with van der Waals surface area (Å²) in [5.41, 5.74) is 1.77. The van der Waals surface area contributed by atoms with Gasteiger partial charge in [-0.25, -0.2) is 12.8 Å². The molecule has 0 aliphatic heterocycles. The summed E-state index contributed by atoms with van der Waals surface area (Å²) < 4.78 is 42.4. The summed E-state index contributed by atoms with van der Waals surface area (Å²) in [7, 11) is -4.13. The predicted molar refractivity (Wildman–Crippen MR) is 151 cm³/mol. The third-order valence-electron chi connectivity index (χ3n) is 6.37. The molecule has 0 bridgehead atoms. The zero-order chi connectivity index (χ0) is 28.6. The van der Waals surface area contributed by atoms with Gasteiger partial charge in [0.2, 0.25) is 11.8 Å².